The minimum atomic E-state index is -0.857. The average molecular weight is 412 g/mol. The molecule has 1 fully saturated rings. The van der Waals surface area contributed by atoms with Crippen LogP contribution in [0.5, 0.6) is 0 Å². The molecule has 1 unspecified atom stereocenters. The van der Waals surface area contributed by atoms with E-state index in [0.717, 1.165) is 30.2 Å². The molecule has 5 nitrogen and oxygen atoms in total. The lowest BCUT2D eigenvalue weighted by Crippen LogP contribution is -2.56. The van der Waals surface area contributed by atoms with Gasteiger partial charge in [0.15, 0.2) is 0 Å². The zero-order chi connectivity index (χ0) is 21.4. The summed E-state index contributed by atoms with van der Waals surface area (Å²) in [6, 6.07) is 19.7. The van der Waals surface area contributed by atoms with Crippen molar-refractivity contribution in [3.8, 4) is 0 Å². The van der Waals surface area contributed by atoms with Crippen LogP contribution in [0.1, 0.15) is 45.5 Å². The van der Waals surface area contributed by atoms with Crippen molar-refractivity contribution >= 4 is 28.5 Å². The number of rotatable bonds is 4. The molecule has 0 aromatic heterocycles. The van der Waals surface area contributed by atoms with Crippen molar-refractivity contribution in [3.63, 3.8) is 0 Å². The maximum absolute atomic E-state index is 13.6. The highest BCUT2D eigenvalue weighted by Gasteiger charge is 2.42. The van der Waals surface area contributed by atoms with Crippen molar-refractivity contribution in [2.45, 2.75) is 31.7 Å². The molecular weight excluding hydrogens is 388 g/mol. The van der Waals surface area contributed by atoms with Crippen LogP contribution in [0.25, 0.3) is 10.8 Å². The van der Waals surface area contributed by atoms with Gasteiger partial charge in [0.1, 0.15) is 6.04 Å². The van der Waals surface area contributed by atoms with Crippen LogP contribution < -0.4 is 0 Å². The third-order valence-electron chi connectivity index (χ3n) is 6.34. The fraction of sp³-hybridized carbons (Fsp3) is 0.269. The third-order valence-corrected chi connectivity index (χ3v) is 6.34. The summed E-state index contributed by atoms with van der Waals surface area (Å²) in [7, 11) is 0. The van der Waals surface area contributed by atoms with E-state index in [1.807, 2.05) is 59.5 Å². The maximum Gasteiger partial charge on any atom is 0.262 e. The van der Waals surface area contributed by atoms with Gasteiger partial charge in [-0.25, -0.2) is 0 Å². The Balaban J connectivity index is 1.59. The summed E-state index contributed by atoms with van der Waals surface area (Å²) in [4.78, 5) is 43.8. The van der Waals surface area contributed by atoms with Crippen LogP contribution in [0.2, 0.25) is 0 Å². The molecule has 5 heteroatoms. The second-order valence-electron chi connectivity index (χ2n) is 8.28. The van der Waals surface area contributed by atoms with Gasteiger partial charge in [-0.2, -0.15) is 0 Å². The minimum absolute atomic E-state index is 0.142. The molecule has 3 amide bonds. The summed E-state index contributed by atoms with van der Waals surface area (Å²) in [5, 5.41) is 1.54. The monoisotopic (exact) mass is 412 g/mol. The van der Waals surface area contributed by atoms with E-state index in [0.29, 0.717) is 36.0 Å². The lowest BCUT2D eigenvalue weighted by molar-refractivity contribution is -0.136. The average Bonchev–Trinajstić information content (AvgIpc) is 2.82. The molecule has 1 atom stereocenters. The lowest BCUT2D eigenvalue weighted by atomic mass is 9.91. The van der Waals surface area contributed by atoms with Gasteiger partial charge in [-0.15, -0.1) is 0 Å². The normalized spacial score (nSPS) is 17.2. The van der Waals surface area contributed by atoms with Crippen molar-refractivity contribution in [1.82, 2.24) is 9.80 Å². The summed E-state index contributed by atoms with van der Waals surface area (Å²) in [5.41, 5.74) is 1.89. The van der Waals surface area contributed by atoms with E-state index < -0.39 is 6.04 Å². The highest BCUT2D eigenvalue weighted by Crippen LogP contribution is 2.32. The number of nitrogens with zero attached hydrogens (tertiary/aromatic N) is 2. The standard InChI is InChI=1S/C26H24N2O3/c29-24-20-13-7-11-19-12-8-14-21(23(19)20)25(30)28(24)22(17-18-9-3-1-4-10-18)26(31)27-15-5-2-6-16-27/h1,3-4,7-14,22H,2,5-6,15-17H2. The Morgan fingerprint density at radius 3 is 2.00 bits per heavy atom. The number of amides is 3. The molecule has 3 aromatic carbocycles. The zero-order valence-electron chi connectivity index (χ0n) is 17.3. The molecule has 0 bridgehead atoms. The summed E-state index contributed by atoms with van der Waals surface area (Å²) in [6.07, 6.45) is 3.32. The molecular formula is C26H24N2O3. The molecule has 2 heterocycles. The summed E-state index contributed by atoms with van der Waals surface area (Å²) < 4.78 is 0. The Bertz CT molecular complexity index is 1110. The fourth-order valence-corrected chi connectivity index (χ4v) is 4.78. The predicted octanol–water partition coefficient (Wildman–Crippen LogP) is 4.06. The molecule has 5 rings (SSSR count). The predicted molar refractivity (Wildman–Crippen MR) is 119 cm³/mol. The van der Waals surface area contributed by atoms with Crippen LogP contribution in [0.3, 0.4) is 0 Å². The zero-order valence-corrected chi connectivity index (χ0v) is 17.3. The first-order valence-corrected chi connectivity index (χ1v) is 10.9. The Morgan fingerprint density at radius 2 is 1.39 bits per heavy atom. The SMILES string of the molecule is O=C(C(Cc1ccccc1)N1C(=O)c2cccc3cccc(c23)C1=O)N1CCCCC1. The van der Waals surface area contributed by atoms with E-state index in [2.05, 4.69) is 0 Å². The van der Waals surface area contributed by atoms with Crippen molar-refractivity contribution in [2.75, 3.05) is 13.1 Å². The van der Waals surface area contributed by atoms with E-state index in [9.17, 15) is 14.4 Å². The van der Waals surface area contributed by atoms with Crippen molar-refractivity contribution in [1.29, 1.82) is 0 Å². The number of piperidine rings is 1. The summed E-state index contributed by atoms with van der Waals surface area (Å²) >= 11 is 0. The molecule has 2 aliphatic rings. The van der Waals surface area contributed by atoms with Gasteiger partial charge in [0.05, 0.1) is 0 Å². The van der Waals surface area contributed by atoms with Crippen molar-refractivity contribution < 1.29 is 14.4 Å². The van der Waals surface area contributed by atoms with Crippen molar-refractivity contribution in [3.05, 3.63) is 83.4 Å². The van der Waals surface area contributed by atoms with E-state index in [1.165, 1.54) is 4.90 Å². The van der Waals surface area contributed by atoms with Gasteiger partial charge in [-0.3, -0.25) is 19.3 Å². The summed E-state index contributed by atoms with van der Waals surface area (Å²) in [6.45, 7) is 1.35. The van der Waals surface area contributed by atoms with Gasteiger partial charge in [-0.05, 0) is 42.3 Å². The Morgan fingerprint density at radius 1 is 0.774 bits per heavy atom. The Hall–Kier alpha value is -3.47. The first-order chi connectivity index (χ1) is 15.1. The molecule has 156 valence electrons. The Kier molecular flexibility index (Phi) is 5.02. The van der Waals surface area contributed by atoms with Crippen LogP contribution in [0, 0.1) is 0 Å². The summed E-state index contributed by atoms with van der Waals surface area (Å²) in [5.74, 6) is -0.919. The highest BCUT2D eigenvalue weighted by atomic mass is 16.2. The van der Waals surface area contributed by atoms with Gasteiger partial charge < -0.3 is 4.90 Å². The third kappa shape index (κ3) is 3.40. The van der Waals surface area contributed by atoms with Gasteiger partial charge in [0.2, 0.25) is 5.91 Å². The Labute approximate surface area is 181 Å². The minimum Gasteiger partial charge on any atom is -0.341 e. The molecule has 2 aliphatic heterocycles. The maximum atomic E-state index is 13.6. The number of hydrogen-bond acceptors (Lipinski definition) is 3. The van der Waals surface area contributed by atoms with Gasteiger partial charge in [-0.1, -0.05) is 54.6 Å². The number of carbonyl (C=O) groups is 3. The number of likely N-dealkylation sites (tertiary alicyclic amines) is 1. The number of imide groups is 1. The first kappa shape index (κ1) is 19.5. The topological polar surface area (TPSA) is 57.7 Å². The van der Waals surface area contributed by atoms with E-state index in [4.69, 9.17) is 0 Å². The highest BCUT2D eigenvalue weighted by molar-refractivity contribution is 6.26. The van der Waals surface area contributed by atoms with Crippen molar-refractivity contribution in [2.24, 2.45) is 0 Å². The quantitative estimate of drug-likeness (QED) is 0.607. The molecule has 31 heavy (non-hydrogen) atoms. The molecule has 3 aromatic rings. The smallest absolute Gasteiger partial charge is 0.262 e. The van der Waals surface area contributed by atoms with Crippen LogP contribution in [0.4, 0.5) is 0 Å². The second kappa shape index (κ2) is 7.99. The fourth-order valence-electron chi connectivity index (χ4n) is 4.78. The number of benzene rings is 3. The first-order valence-electron chi connectivity index (χ1n) is 10.9. The van der Waals surface area contributed by atoms with Gasteiger partial charge in [0.25, 0.3) is 11.8 Å². The largest absolute Gasteiger partial charge is 0.341 e. The molecule has 1 saturated heterocycles. The van der Waals surface area contributed by atoms with Crippen LogP contribution >= 0.6 is 0 Å². The molecule has 0 spiro atoms. The lowest BCUT2D eigenvalue weighted by Gasteiger charge is -2.37. The van der Waals surface area contributed by atoms with Crippen LogP contribution in [-0.4, -0.2) is 46.7 Å². The van der Waals surface area contributed by atoms with Gasteiger partial charge in [0, 0.05) is 36.0 Å². The van der Waals surface area contributed by atoms with E-state index in [-0.39, 0.29) is 17.7 Å². The van der Waals surface area contributed by atoms with Gasteiger partial charge >= 0.3 is 0 Å². The van der Waals surface area contributed by atoms with Crippen LogP contribution in [0.15, 0.2) is 66.7 Å². The molecule has 0 aliphatic carbocycles. The second-order valence-corrected chi connectivity index (χ2v) is 8.28. The van der Waals surface area contributed by atoms with Crippen LogP contribution in [-0.2, 0) is 11.2 Å². The number of carbonyl (C=O) groups excluding carboxylic acids is 3. The number of hydrogen-bond donors (Lipinski definition) is 0. The van der Waals surface area contributed by atoms with E-state index >= 15 is 0 Å². The molecule has 0 saturated carbocycles. The molecule has 0 N–H and O–H groups in total. The van der Waals surface area contributed by atoms with E-state index in [1.54, 1.807) is 12.1 Å². The molecule has 0 radical (unpaired) electrons.